The first-order valence-corrected chi connectivity index (χ1v) is 8.51. The lowest BCUT2D eigenvalue weighted by Gasteiger charge is -2.06. The number of aryl methyl sites for hydroxylation is 1. The molecule has 0 spiro atoms. The van der Waals surface area contributed by atoms with Gasteiger partial charge in [-0.1, -0.05) is 6.07 Å². The molecule has 3 aromatic rings. The zero-order valence-corrected chi connectivity index (χ0v) is 14.4. The minimum absolute atomic E-state index is 0.0478. The van der Waals surface area contributed by atoms with Gasteiger partial charge in [-0.15, -0.1) is 11.8 Å². The van der Waals surface area contributed by atoms with Crippen molar-refractivity contribution in [2.75, 3.05) is 11.1 Å². The molecule has 2 aromatic carbocycles. The van der Waals surface area contributed by atoms with Crippen LogP contribution in [0.4, 0.5) is 10.1 Å². The Kier molecular flexibility index (Phi) is 4.85. The number of ketones is 1. The number of nitrogens with one attached hydrogen (secondary N) is 1. The number of oxazole rings is 1. The van der Waals surface area contributed by atoms with E-state index < -0.39 is 5.82 Å². The maximum atomic E-state index is 13.9. The van der Waals surface area contributed by atoms with Crippen LogP contribution >= 0.6 is 11.8 Å². The number of hydrogen-bond donors (Lipinski definition) is 1. The quantitative estimate of drug-likeness (QED) is 0.546. The van der Waals surface area contributed by atoms with Gasteiger partial charge in [-0.25, -0.2) is 9.37 Å². The topological polar surface area (TPSA) is 72.2 Å². The number of rotatable bonds is 5. The number of nitrogens with zero attached hydrogens (tertiary/aromatic N) is 1. The molecule has 1 N–H and O–H groups in total. The summed E-state index contributed by atoms with van der Waals surface area (Å²) in [7, 11) is 0. The van der Waals surface area contributed by atoms with Crippen LogP contribution in [0.2, 0.25) is 0 Å². The van der Waals surface area contributed by atoms with Crippen LogP contribution in [0, 0.1) is 12.7 Å². The maximum Gasteiger partial charge on any atom is 0.234 e. The van der Waals surface area contributed by atoms with Crippen molar-refractivity contribution in [1.82, 2.24) is 4.98 Å². The molecule has 0 fully saturated rings. The highest BCUT2D eigenvalue weighted by Crippen LogP contribution is 2.24. The van der Waals surface area contributed by atoms with E-state index in [2.05, 4.69) is 10.3 Å². The predicted octanol–water partition coefficient (Wildman–Crippen LogP) is 4.21. The monoisotopic (exact) mass is 358 g/mol. The number of benzene rings is 2. The first-order valence-electron chi connectivity index (χ1n) is 7.53. The van der Waals surface area contributed by atoms with Crippen LogP contribution in [0.3, 0.4) is 0 Å². The summed E-state index contributed by atoms with van der Waals surface area (Å²) in [6.07, 6.45) is 0. The third-order valence-electron chi connectivity index (χ3n) is 3.48. The standard InChI is InChI=1S/C18H15FN2O3S/c1-10(22)12-3-6-17(14(19)7-12)25-9-18(23)21-13-4-5-16-15(8-13)20-11(2)24-16/h3-8H,9H2,1-2H3,(H,21,23). The average molecular weight is 358 g/mol. The largest absolute Gasteiger partial charge is 0.441 e. The smallest absolute Gasteiger partial charge is 0.234 e. The summed E-state index contributed by atoms with van der Waals surface area (Å²) in [4.78, 5) is 27.8. The van der Waals surface area contributed by atoms with E-state index in [-0.39, 0.29) is 17.4 Å². The fourth-order valence-corrected chi connectivity index (χ4v) is 3.02. The Morgan fingerprint density at radius 3 is 2.76 bits per heavy atom. The minimum atomic E-state index is -0.509. The van der Waals surface area contributed by atoms with Crippen molar-refractivity contribution in [3.8, 4) is 0 Å². The SMILES string of the molecule is CC(=O)c1ccc(SCC(=O)Nc2ccc3oc(C)nc3c2)c(F)c1. The van der Waals surface area contributed by atoms with Gasteiger partial charge in [-0.05, 0) is 37.3 Å². The number of hydrogen-bond acceptors (Lipinski definition) is 5. The van der Waals surface area contributed by atoms with E-state index in [1.807, 2.05) is 0 Å². The number of carbonyl (C=O) groups excluding carboxylic acids is 2. The molecule has 0 bridgehead atoms. The van der Waals surface area contributed by atoms with E-state index in [0.717, 1.165) is 11.8 Å². The zero-order chi connectivity index (χ0) is 18.0. The molecule has 0 aliphatic heterocycles. The van der Waals surface area contributed by atoms with E-state index in [0.29, 0.717) is 33.1 Å². The van der Waals surface area contributed by atoms with Crippen molar-refractivity contribution in [1.29, 1.82) is 0 Å². The highest BCUT2D eigenvalue weighted by Gasteiger charge is 2.10. The molecule has 0 unspecified atom stereocenters. The second kappa shape index (κ2) is 7.06. The number of fused-ring (bicyclic) bond motifs is 1. The summed E-state index contributed by atoms with van der Waals surface area (Å²) in [5.41, 5.74) is 2.22. The van der Waals surface area contributed by atoms with Gasteiger partial charge in [0.15, 0.2) is 17.3 Å². The molecule has 1 heterocycles. The van der Waals surface area contributed by atoms with Gasteiger partial charge in [0.1, 0.15) is 11.3 Å². The summed E-state index contributed by atoms with van der Waals surface area (Å²) in [5.74, 6) is -0.374. The Hall–Kier alpha value is -2.67. The molecule has 128 valence electrons. The third kappa shape index (κ3) is 4.06. The predicted molar refractivity (Wildman–Crippen MR) is 94.5 cm³/mol. The highest BCUT2D eigenvalue weighted by atomic mass is 32.2. The van der Waals surface area contributed by atoms with Crippen molar-refractivity contribution in [2.45, 2.75) is 18.7 Å². The van der Waals surface area contributed by atoms with Crippen molar-refractivity contribution in [3.05, 3.63) is 53.7 Å². The Labute approximate surface area is 147 Å². The molecule has 0 aliphatic carbocycles. The minimum Gasteiger partial charge on any atom is -0.441 e. The number of halogens is 1. The number of amides is 1. The van der Waals surface area contributed by atoms with Gasteiger partial charge in [0, 0.05) is 23.1 Å². The van der Waals surface area contributed by atoms with Gasteiger partial charge in [-0.3, -0.25) is 9.59 Å². The molecule has 0 radical (unpaired) electrons. The molecular weight excluding hydrogens is 343 g/mol. The lowest BCUT2D eigenvalue weighted by atomic mass is 10.1. The van der Waals surface area contributed by atoms with Crippen LogP contribution in [0.5, 0.6) is 0 Å². The molecule has 0 saturated heterocycles. The van der Waals surface area contributed by atoms with Crippen molar-refractivity contribution in [3.63, 3.8) is 0 Å². The number of anilines is 1. The van der Waals surface area contributed by atoms with Gasteiger partial charge in [-0.2, -0.15) is 0 Å². The summed E-state index contributed by atoms with van der Waals surface area (Å²) in [5, 5.41) is 2.74. The molecule has 0 saturated carbocycles. The van der Waals surface area contributed by atoms with E-state index in [1.54, 1.807) is 31.2 Å². The molecule has 5 nitrogen and oxygen atoms in total. The van der Waals surface area contributed by atoms with E-state index in [4.69, 9.17) is 4.42 Å². The number of carbonyl (C=O) groups is 2. The van der Waals surface area contributed by atoms with Crippen molar-refractivity contribution < 1.29 is 18.4 Å². The van der Waals surface area contributed by atoms with Crippen LogP contribution in [0.25, 0.3) is 11.1 Å². The number of Topliss-reactive ketones (excluding diaryl/α,β-unsaturated/α-hetero) is 1. The van der Waals surface area contributed by atoms with Gasteiger partial charge in [0.2, 0.25) is 5.91 Å². The van der Waals surface area contributed by atoms with Gasteiger partial charge in [0.05, 0.1) is 5.75 Å². The number of aromatic nitrogens is 1. The Morgan fingerprint density at radius 2 is 2.04 bits per heavy atom. The summed E-state index contributed by atoms with van der Waals surface area (Å²) < 4.78 is 19.3. The first kappa shape index (κ1) is 17.2. The molecule has 0 atom stereocenters. The molecule has 25 heavy (non-hydrogen) atoms. The van der Waals surface area contributed by atoms with Crippen LogP contribution < -0.4 is 5.32 Å². The second-order valence-corrected chi connectivity index (χ2v) is 6.47. The fourth-order valence-electron chi connectivity index (χ4n) is 2.30. The Bertz CT molecular complexity index is 968. The molecule has 3 rings (SSSR count). The summed E-state index contributed by atoms with van der Waals surface area (Å²) >= 11 is 1.07. The molecule has 1 aromatic heterocycles. The summed E-state index contributed by atoms with van der Waals surface area (Å²) in [6.45, 7) is 3.13. The zero-order valence-electron chi connectivity index (χ0n) is 13.6. The van der Waals surface area contributed by atoms with Crippen LogP contribution in [-0.2, 0) is 4.79 Å². The van der Waals surface area contributed by atoms with Gasteiger partial charge < -0.3 is 9.73 Å². The second-order valence-electron chi connectivity index (χ2n) is 5.45. The lowest BCUT2D eigenvalue weighted by Crippen LogP contribution is -2.14. The molecule has 0 aliphatic rings. The van der Waals surface area contributed by atoms with Crippen LogP contribution in [0.1, 0.15) is 23.2 Å². The third-order valence-corrected chi connectivity index (χ3v) is 4.52. The van der Waals surface area contributed by atoms with E-state index in [9.17, 15) is 14.0 Å². The first-order chi connectivity index (χ1) is 11.9. The fraction of sp³-hybridized carbons (Fsp3) is 0.167. The maximum absolute atomic E-state index is 13.9. The molecule has 7 heteroatoms. The summed E-state index contributed by atoms with van der Waals surface area (Å²) in [6, 6.07) is 9.41. The number of thioether (sulfide) groups is 1. The Balaban J connectivity index is 1.63. The molecular formula is C18H15FN2O3S. The highest BCUT2D eigenvalue weighted by molar-refractivity contribution is 8.00. The van der Waals surface area contributed by atoms with Crippen LogP contribution in [0.15, 0.2) is 45.7 Å². The van der Waals surface area contributed by atoms with Gasteiger partial charge in [0.25, 0.3) is 0 Å². The van der Waals surface area contributed by atoms with Crippen LogP contribution in [-0.4, -0.2) is 22.4 Å². The van der Waals surface area contributed by atoms with E-state index in [1.165, 1.54) is 19.1 Å². The molecule has 1 amide bonds. The lowest BCUT2D eigenvalue weighted by molar-refractivity contribution is -0.113. The van der Waals surface area contributed by atoms with Gasteiger partial charge >= 0.3 is 0 Å². The van der Waals surface area contributed by atoms with Crippen molar-refractivity contribution in [2.24, 2.45) is 0 Å². The normalized spacial score (nSPS) is 10.8. The van der Waals surface area contributed by atoms with Crippen molar-refractivity contribution >= 4 is 40.2 Å². The van der Waals surface area contributed by atoms with E-state index >= 15 is 0 Å². The average Bonchev–Trinajstić information content (AvgIpc) is 2.92. The Morgan fingerprint density at radius 1 is 1.24 bits per heavy atom.